The molecule has 5 heteroatoms. The van der Waals surface area contributed by atoms with E-state index in [1.165, 1.54) is 12.1 Å². The van der Waals surface area contributed by atoms with E-state index in [0.717, 1.165) is 17.0 Å². The zero-order valence-corrected chi connectivity index (χ0v) is 13.5. The number of nitrogens with zero attached hydrogens (tertiary/aromatic N) is 1. The summed E-state index contributed by atoms with van der Waals surface area (Å²) in [5, 5.41) is 3.84. The van der Waals surface area contributed by atoms with Crippen molar-refractivity contribution in [3.63, 3.8) is 0 Å². The van der Waals surface area contributed by atoms with Crippen molar-refractivity contribution in [2.75, 3.05) is 18.6 Å². The Morgan fingerprint density at radius 3 is 2.32 bits per heavy atom. The fourth-order valence-corrected chi connectivity index (χ4v) is 2.39. The van der Waals surface area contributed by atoms with Crippen LogP contribution in [0.4, 0.5) is 10.1 Å². The monoisotopic (exact) mass is 318 g/mol. The lowest BCUT2D eigenvalue weighted by Gasteiger charge is -2.24. The van der Waals surface area contributed by atoms with Gasteiger partial charge in [-0.25, -0.2) is 4.39 Å². The zero-order valence-electron chi connectivity index (χ0n) is 12.7. The minimum absolute atomic E-state index is 0.253. The third kappa shape index (κ3) is 4.18. The Labute approximate surface area is 135 Å². The van der Waals surface area contributed by atoms with Gasteiger partial charge in [0.15, 0.2) is 5.11 Å². The first-order valence-electron chi connectivity index (χ1n) is 7.08. The lowest BCUT2D eigenvalue weighted by molar-refractivity contribution is 0.414. The van der Waals surface area contributed by atoms with E-state index in [-0.39, 0.29) is 5.82 Å². The van der Waals surface area contributed by atoms with Gasteiger partial charge in [-0.15, -0.1) is 0 Å². The lowest BCUT2D eigenvalue weighted by Crippen LogP contribution is -2.39. The summed E-state index contributed by atoms with van der Waals surface area (Å²) >= 11 is 5.43. The van der Waals surface area contributed by atoms with Crippen molar-refractivity contribution >= 4 is 23.0 Å². The molecule has 0 bridgehead atoms. The Bertz CT molecular complexity index is 614. The lowest BCUT2D eigenvalue weighted by atomic mass is 10.2. The molecule has 0 amide bonds. The topological polar surface area (TPSA) is 24.5 Å². The molecule has 0 heterocycles. The second kappa shape index (κ2) is 7.75. The smallest absolute Gasteiger partial charge is 0.173 e. The van der Waals surface area contributed by atoms with Crippen LogP contribution in [0.3, 0.4) is 0 Å². The quantitative estimate of drug-likeness (QED) is 0.849. The third-order valence-corrected chi connectivity index (χ3v) is 3.67. The number of thiocarbonyl (C=S) groups is 1. The molecule has 2 rings (SSSR count). The van der Waals surface area contributed by atoms with Crippen molar-refractivity contribution in [1.82, 2.24) is 5.32 Å². The number of rotatable bonds is 5. The molecule has 0 fully saturated rings. The maximum Gasteiger partial charge on any atom is 0.173 e. The number of anilines is 1. The van der Waals surface area contributed by atoms with E-state index < -0.39 is 0 Å². The third-order valence-electron chi connectivity index (χ3n) is 3.30. The Morgan fingerprint density at radius 1 is 1.14 bits per heavy atom. The van der Waals surface area contributed by atoms with Crippen LogP contribution in [0.25, 0.3) is 0 Å². The van der Waals surface area contributed by atoms with Crippen LogP contribution in [0.5, 0.6) is 5.75 Å². The van der Waals surface area contributed by atoms with Crippen LogP contribution >= 0.6 is 12.2 Å². The predicted molar refractivity (Wildman–Crippen MR) is 91.9 cm³/mol. The van der Waals surface area contributed by atoms with Crippen LogP contribution in [0.15, 0.2) is 48.5 Å². The summed E-state index contributed by atoms with van der Waals surface area (Å²) < 4.78 is 18.1. The van der Waals surface area contributed by atoms with Gasteiger partial charge in [-0.05, 0) is 61.1 Å². The summed E-state index contributed by atoms with van der Waals surface area (Å²) in [7, 11) is 1.64. The second-order valence-electron chi connectivity index (χ2n) is 4.73. The van der Waals surface area contributed by atoms with Gasteiger partial charge in [0.2, 0.25) is 0 Å². The average molecular weight is 318 g/mol. The molecular weight excluding hydrogens is 299 g/mol. The minimum Gasteiger partial charge on any atom is -0.497 e. The number of halogens is 1. The van der Waals surface area contributed by atoms with E-state index in [1.54, 1.807) is 19.2 Å². The molecule has 0 aliphatic heterocycles. The molecule has 0 atom stereocenters. The highest BCUT2D eigenvalue weighted by Crippen LogP contribution is 2.15. The van der Waals surface area contributed by atoms with Crippen molar-refractivity contribution in [2.24, 2.45) is 0 Å². The first-order chi connectivity index (χ1) is 10.6. The molecule has 2 aromatic carbocycles. The number of ether oxygens (including phenoxy) is 1. The molecule has 0 saturated heterocycles. The average Bonchev–Trinajstić information content (AvgIpc) is 2.56. The molecule has 0 saturated carbocycles. The van der Waals surface area contributed by atoms with Gasteiger partial charge in [0.25, 0.3) is 0 Å². The van der Waals surface area contributed by atoms with Gasteiger partial charge in [0.1, 0.15) is 11.6 Å². The van der Waals surface area contributed by atoms with E-state index in [0.29, 0.717) is 18.2 Å². The van der Waals surface area contributed by atoms with E-state index in [4.69, 9.17) is 17.0 Å². The van der Waals surface area contributed by atoms with Gasteiger partial charge in [0, 0.05) is 18.8 Å². The van der Waals surface area contributed by atoms with Crippen molar-refractivity contribution in [3.8, 4) is 5.75 Å². The molecule has 2 aromatic rings. The summed E-state index contributed by atoms with van der Waals surface area (Å²) in [6.07, 6.45) is 0. The standard InChI is InChI=1S/C17H19FN2OS/c1-3-20(15-8-6-14(18)7-9-15)17(22)19-12-13-4-10-16(21-2)11-5-13/h4-11H,3,12H2,1-2H3,(H,19,22). The Morgan fingerprint density at radius 2 is 1.77 bits per heavy atom. The van der Waals surface area contributed by atoms with Crippen LogP contribution in [0, 0.1) is 5.82 Å². The van der Waals surface area contributed by atoms with Crippen molar-refractivity contribution in [1.29, 1.82) is 0 Å². The summed E-state index contributed by atoms with van der Waals surface area (Å²) in [6, 6.07) is 14.1. The Hall–Kier alpha value is -2.14. The fraction of sp³-hybridized carbons (Fsp3) is 0.235. The maximum atomic E-state index is 13.0. The molecule has 22 heavy (non-hydrogen) atoms. The van der Waals surface area contributed by atoms with Crippen LogP contribution < -0.4 is 15.0 Å². The van der Waals surface area contributed by atoms with Crippen molar-refractivity contribution in [3.05, 3.63) is 59.9 Å². The van der Waals surface area contributed by atoms with Crippen molar-refractivity contribution < 1.29 is 9.13 Å². The highest BCUT2D eigenvalue weighted by Gasteiger charge is 2.09. The normalized spacial score (nSPS) is 10.1. The molecule has 0 radical (unpaired) electrons. The first-order valence-corrected chi connectivity index (χ1v) is 7.48. The Kier molecular flexibility index (Phi) is 5.72. The van der Waals surface area contributed by atoms with Gasteiger partial charge >= 0.3 is 0 Å². The van der Waals surface area contributed by atoms with Crippen molar-refractivity contribution in [2.45, 2.75) is 13.5 Å². The fourth-order valence-electron chi connectivity index (χ4n) is 2.08. The van der Waals surface area contributed by atoms with E-state index >= 15 is 0 Å². The minimum atomic E-state index is -0.253. The Balaban J connectivity index is 1.98. The van der Waals surface area contributed by atoms with Gasteiger partial charge in [-0.3, -0.25) is 0 Å². The molecule has 0 spiro atoms. The molecule has 1 N–H and O–H groups in total. The molecule has 116 valence electrons. The summed E-state index contributed by atoms with van der Waals surface area (Å²) in [5.41, 5.74) is 1.98. The second-order valence-corrected chi connectivity index (χ2v) is 5.11. The summed E-state index contributed by atoms with van der Waals surface area (Å²) in [4.78, 5) is 1.93. The SMILES string of the molecule is CCN(C(=S)NCc1ccc(OC)cc1)c1ccc(F)cc1. The van der Waals surface area contributed by atoms with E-state index in [1.807, 2.05) is 36.1 Å². The predicted octanol–water partition coefficient (Wildman–Crippen LogP) is 3.74. The first kappa shape index (κ1) is 16.2. The molecule has 0 aromatic heterocycles. The van der Waals surface area contributed by atoms with Crippen LogP contribution in [0.1, 0.15) is 12.5 Å². The number of nitrogens with one attached hydrogen (secondary N) is 1. The zero-order chi connectivity index (χ0) is 15.9. The van der Waals surface area contributed by atoms with Crippen LogP contribution in [-0.4, -0.2) is 18.8 Å². The number of methoxy groups -OCH3 is 1. The van der Waals surface area contributed by atoms with Gasteiger partial charge in [-0.1, -0.05) is 12.1 Å². The molecule has 0 unspecified atom stereocenters. The molecule has 3 nitrogen and oxygen atoms in total. The molecular formula is C17H19FN2OS. The maximum absolute atomic E-state index is 13.0. The summed E-state index contributed by atoms with van der Waals surface area (Å²) in [5.74, 6) is 0.574. The number of benzene rings is 2. The van der Waals surface area contributed by atoms with E-state index in [9.17, 15) is 4.39 Å². The summed E-state index contributed by atoms with van der Waals surface area (Å²) in [6.45, 7) is 3.34. The highest BCUT2D eigenvalue weighted by atomic mass is 32.1. The van der Waals surface area contributed by atoms with E-state index in [2.05, 4.69) is 5.32 Å². The highest BCUT2D eigenvalue weighted by molar-refractivity contribution is 7.80. The van der Waals surface area contributed by atoms with Gasteiger partial charge in [-0.2, -0.15) is 0 Å². The number of hydrogen-bond acceptors (Lipinski definition) is 2. The number of hydrogen-bond donors (Lipinski definition) is 1. The van der Waals surface area contributed by atoms with Gasteiger partial charge in [0.05, 0.1) is 7.11 Å². The molecule has 0 aliphatic carbocycles. The largest absolute Gasteiger partial charge is 0.497 e. The van der Waals surface area contributed by atoms with Crippen LogP contribution in [-0.2, 0) is 6.54 Å². The van der Waals surface area contributed by atoms with Gasteiger partial charge < -0.3 is 15.0 Å². The molecule has 0 aliphatic rings. The van der Waals surface area contributed by atoms with Crippen LogP contribution in [0.2, 0.25) is 0 Å².